The average molecular weight is 395 g/mol. The van der Waals surface area contributed by atoms with Gasteiger partial charge in [-0.1, -0.05) is 24.6 Å². The minimum absolute atomic E-state index is 0.0645. The van der Waals surface area contributed by atoms with E-state index in [4.69, 9.17) is 11.6 Å². The lowest BCUT2D eigenvalue weighted by molar-refractivity contribution is -0.119. The molecule has 0 saturated heterocycles. The molecule has 2 N–H and O–H groups in total. The zero-order chi connectivity index (χ0) is 20.3. The van der Waals surface area contributed by atoms with Gasteiger partial charge in [-0.15, -0.1) is 0 Å². The highest BCUT2D eigenvalue weighted by molar-refractivity contribution is 6.30. The summed E-state index contributed by atoms with van der Waals surface area (Å²) < 4.78 is 0. The molecule has 3 aromatic rings. The summed E-state index contributed by atoms with van der Waals surface area (Å²) in [6.45, 7) is 3.59. The molecule has 0 saturated carbocycles. The van der Waals surface area contributed by atoms with Gasteiger partial charge in [-0.05, 0) is 42.7 Å². The number of hydrogen-bond acceptors (Lipinski definition) is 5. The van der Waals surface area contributed by atoms with Crippen molar-refractivity contribution in [1.29, 1.82) is 5.26 Å². The average Bonchev–Trinajstić information content (AvgIpc) is 2.67. The van der Waals surface area contributed by atoms with E-state index < -0.39 is 6.04 Å². The number of ketones is 1. The van der Waals surface area contributed by atoms with Crippen LogP contribution in [0.4, 0.5) is 5.69 Å². The molecule has 7 heteroatoms. The molecule has 142 valence electrons. The van der Waals surface area contributed by atoms with Crippen LogP contribution in [0.3, 0.4) is 0 Å². The van der Waals surface area contributed by atoms with Gasteiger partial charge >= 0.3 is 0 Å². The van der Waals surface area contributed by atoms with E-state index in [2.05, 4.69) is 21.4 Å². The van der Waals surface area contributed by atoms with E-state index >= 15 is 0 Å². The number of anilines is 1. The van der Waals surface area contributed by atoms with Crippen molar-refractivity contribution in [3.05, 3.63) is 68.7 Å². The zero-order valence-electron chi connectivity index (χ0n) is 15.5. The van der Waals surface area contributed by atoms with Crippen molar-refractivity contribution in [2.24, 2.45) is 0 Å². The summed E-state index contributed by atoms with van der Waals surface area (Å²) in [5, 5.41) is 13.5. The minimum Gasteiger partial charge on any atom is -0.375 e. The predicted octanol–water partition coefficient (Wildman–Crippen LogP) is 3.82. The topological polar surface area (TPSA) is 98.6 Å². The van der Waals surface area contributed by atoms with Gasteiger partial charge in [0.05, 0.1) is 17.1 Å². The molecule has 0 aliphatic carbocycles. The second-order valence-corrected chi connectivity index (χ2v) is 6.90. The normalized spacial score (nSPS) is 11.8. The molecular weight excluding hydrogens is 376 g/mol. The summed E-state index contributed by atoms with van der Waals surface area (Å²) in [6.07, 6.45) is 2.48. The second kappa shape index (κ2) is 8.24. The lowest BCUT2D eigenvalue weighted by atomic mass is 10.00. The van der Waals surface area contributed by atoms with E-state index in [1.54, 1.807) is 26.1 Å². The minimum atomic E-state index is -0.400. The van der Waals surface area contributed by atoms with Crippen molar-refractivity contribution in [3.63, 3.8) is 0 Å². The maximum Gasteiger partial charge on any atom is 0.250 e. The third-order valence-corrected chi connectivity index (χ3v) is 4.89. The van der Waals surface area contributed by atoms with Gasteiger partial charge in [0, 0.05) is 29.8 Å². The van der Waals surface area contributed by atoms with Crippen molar-refractivity contribution in [3.8, 4) is 6.07 Å². The van der Waals surface area contributed by atoms with E-state index in [1.165, 1.54) is 6.07 Å². The second-order valence-electron chi connectivity index (χ2n) is 6.54. The van der Waals surface area contributed by atoms with Crippen molar-refractivity contribution < 1.29 is 4.79 Å². The number of nitriles is 1. The first-order valence-corrected chi connectivity index (χ1v) is 9.29. The van der Waals surface area contributed by atoms with Gasteiger partial charge in [-0.2, -0.15) is 5.26 Å². The zero-order valence-corrected chi connectivity index (χ0v) is 16.3. The number of Topliss-reactive ketones (excluding diaryl/α,β-unsaturated/α-hetero) is 1. The summed E-state index contributed by atoms with van der Waals surface area (Å²) in [6, 6.07) is 10.6. The number of hydrogen-bond donors (Lipinski definition) is 2. The third-order valence-electron chi connectivity index (χ3n) is 4.61. The van der Waals surface area contributed by atoms with Crippen molar-refractivity contribution in [2.45, 2.75) is 32.7 Å². The smallest absolute Gasteiger partial charge is 0.250 e. The SMILES string of the molecule is CCC(=O)[C@@H](C)Nc1cc(=O)[nH]c2ccc(Cc3ccnc(Cl)c3C#N)cc12. The summed E-state index contributed by atoms with van der Waals surface area (Å²) in [4.78, 5) is 30.7. The molecule has 1 aromatic carbocycles. The van der Waals surface area contributed by atoms with Crippen LogP contribution >= 0.6 is 11.6 Å². The van der Waals surface area contributed by atoms with Crippen molar-refractivity contribution in [2.75, 3.05) is 5.32 Å². The van der Waals surface area contributed by atoms with Crippen molar-refractivity contribution >= 4 is 34.0 Å². The molecule has 0 unspecified atom stereocenters. The van der Waals surface area contributed by atoms with Crippen LogP contribution in [-0.4, -0.2) is 21.8 Å². The van der Waals surface area contributed by atoms with Crippen LogP contribution in [-0.2, 0) is 11.2 Å². The fourth-order valence-electron chi connectivity index (χ4n) is 3.11. The molecule has 0 radical (unpaired) electrons. The number of aromatic nitrogens is 2. The number of nitrogens with one attached hydrogen (secondary N) is 2. The Bertz CT molecular complexity index is 1150. The fraction of sp³-hybridized carbons (Fsp3) is 0.238. The molecule has 3 rings (SSSR count). The molecule has 0 bridgehead atoms. The van der Waals surface area contributed by atoms with Crippen LogP contribution in [0.25, 0.3) is 10.9 Å². The number of aromatic amines is 1. The van der Waals surface area contributed by atoms with Crippen LogP contribution in [0.15, 0.2) is 41.3 Å². The Morgan fingerprint density at radius 3 is 2.86 bits per heavy atom. The van der Waals surface area contributed by atoms with E-state index in [-0.39, 0.29) is 16.5 Å². The van der Waals surface area contributed by atoms with Gasteiger partial charge in [-0.25, -0.2) is 4.98 Å². The maximum absolute atomic E-state index is 12.0. The molecule has 1 atom stereocenters. The van der Waals surface area contributed by atoms with Gasteiger partial charge < -0.3 is 10.3 Å². The van der Waals surface area contributed by atoms with Gasteiger partial charge in [0.2, 0.25) is 5.56 Å². The summed E-state index contributed by atoms with van der Waals surface area (Å²) in [5.41, 5.74) is 3.09. The number of nitrogens with zero attached hydrogens (tertiary/aromatic N) is 2. The number of carbonyl (C=O) groups is 1. The Kier molecular flexibility index (Phi) is 5.76. The number of H-pyrrole nitrogens is 1. The van der Waals surface area contributed by atoms with Gasteiger partial charge in [0.15, 0.2) is 5.78 Å². The first kappa shape index (κ1) is 19.6. The first-order valence-electron chi connectivity index (χ1n) is 8.91. The molecule has 28 heavy (non-hydrogen) atoms. The number of fused-ring (bicyclic) bond motifs is 1. The number of rotatable bonds is 6. The lowest BCUT2D eigenvalue weighted by Crippen LogP contribution is -2.26. The van der Waals surface area contributed by atoms with E-state index in [9.17, 15) is 14.9 Å². The maximum atomic E-state index is 12.0. The molecule has 6 nitrogen and oxygen atoms in total. The number of pyridine rings is 2. The standard InChI is InChI=1S/C21H19ClN4O2/c1-3-19(27)12(2)25-18-10-20(28)26-17-5-4-13(9-15(17)18)8-14-6-7-24-21(22)16(14)11-23/h4-7,9-10,12H,3,8H2,1-2H3,(H2,25,26,28)/t12-/m1/s1. The highest BCUT2D eigenvalue weighted by Crippen LogP contribution is 2.25. The predicted molar refractivity (Wildman–Crippen MR) is 110 cm³/mol. The molecule has 2 heterocycles. The van der Waals surface area contributed by atoms with Gasteiger partial charge in [-0.3, -0.25) is 9.59 Å². The Hall–Kier alpha value is -3.17. The Morgan fingerprint density at radius 2 is 2.14 bits per heavy atom. The van der Waals surface area contributed by atoms with E-state index in [1.807, 2.05) is 18.2 Å². The molecule has 0 amide bonds. The van der Waals surface area contributed by atoms with Crippen LogP contribution in [0.2, 0.25) is 5.15 Å². The molecule has 2 aromatic heterocycles. The highest BCUT2D eigenvalue weighted by atomic mass is 35.5. The van der Waals surface area contributed by atoms with Gasteiger partial charge in [0.1, 0.15) is 11.2 Å². The van der Waals surface area contributed by atoms with Crippen LogP contribution in [0.5, 0.6) is 0 Å². The van der Waals surface area contributed by atoms with Crippen LogP contribution in [0, 0.1) is 11.3 Å². The number of carbonyl (C=O) groups excluding carboxylic acids is 1. The van der Waals surface area contributed by atoms with Crippen molar-refractivity contribution in [1.82, 2.24) is 9.97 Å². The summed E-state index contributed by atoms with van der Waals surface area (Å²) >= 11 is 6.02. The Labute approximate surface area is 167 Å². The summed E-state index contributed by atoms with van der Waals surface area (Å²) in [5.74, 6) is 0.0645. The van der Waals surface area contributed by atoms with Crippen LogP contribution in [0.1, 0.15) is 37.0 Å². The molecule has 0 fully saturated rings. The van der Waals surface area contributed by atoms with Gasteiger partial charge in [0.25, 0.3) is 0 Å². The molecule has 0 aliphatic heterocycles. The largest absolute Gasteiger partial charge is 0.375 e. The summed E-state index contributed by atoms with van der Waals surface area (Å²) in [7, 11) is 0. The Morgan fingerprint density at radius 1 is 1.36 bits per heavy atom. The Balaban J connectivity index is 2.03. The highest BCUT2D eigenvalue weighted by Gasteiger charge is 2.14. The molecular formula is C21H19ClN4O2. The quantitative estimate of drug-likeness (QED) is 0.619. The van der Waals surface area contributed by atoms with E-state index in [0.29, 0.717) is 29.6 Å². The molecule has 0 aliphatic rings. The molecule has 0 spiro atoms. The monoisotopic (exact) mass is 394 g/mol. The fourth-order valence-corrected chi connectivity index (χ4v) is 3.33. The van der Waals surface area contributed by atoms with E-state index in [0.717, 1.165) is 16.5 Å². The van der Waals surface area contributed by atoms with Crippen LogP contribution < -0.4 is 10.9 Å². The number of benzene rings is 1. The lowest BCUT2D eigenvalue weighted by Gasteiger charge is -2.16. The number of halogens is 1. The third kappa shape index (κ3) is 4.05. The first-order chi connectivity index (χ1) is 13.4.